The summed E-state index contributed by atoms with van der Waals surface area (Å²) in [6.45, 7) is 0. The number of aryl methyl sites for hydroxylation is 1. The lowest BCUT2D eigenvalue weighted by Crippen LogP contribution is -1.84. The van der Waals surface area contributed by atoms with Gasteiger partial charge in [0.1, 0.15) is 0 Å². The van der Waals surface area contributed by atoms with E-state index in [4.69, 9.17) is 0 Å². The van der Waals surface area contributed by atoms with E-state index in [1.807, 2.05) is 43.7 Å². The van der Waals surface area contributed by atoms with E-state index >= 15 is 0 Å². The van der Waals surface area contributed by atoms with Crippen LogP contribution in [0, 0.1) is 5.13 Å². The Bertz CT molecular complexity index is 1540. The summed E-state index contributed by atoms with van der Waals surface area (Å²) in [5.41, 5.74) is 6.38. The van der Waals surface area contributed by atoms with E-state index in [0.29, 0.717) is 5.65 Å². The van der Waals surface area contributed by atoms with Gasteiger partial charge in [-0.15, -0.1) is 11.3 Å². The van der Waals surface area contributed by atoms with Crippen molar-refractivity contribution in [1.82, 2.24) is 29.9 Å². The van der Waals surface area contributed by atoms with Crippen LogP contribution in [0.2, 0.25) is 0 Å². The molecule has 146 valence electrons. The minimum absolute atomic E-state index is 0.189. The van der Waals surface area contributed by atoms with Crippen molar-refractivity contribution in [2.24, 2.45) is 7.05 Å². The van der Waals surface area contributed by atoms with Gasteiger partial charge in [0.05, 0.1) is 17.6 Å². The van der Waals surface area contributed by atoms with Gasteiger partial charge in [-0.25, -0.2) is 4.98 Å². The number of halogens is 1. The molecule has 0 atom stereocenters. The van der Waals surface area contributed by atoms with Gasteiger partial charge in [-0.1, -0.05) is 12.1 Å². The van der Waals surface area contributed by atoms with Gasteiger partial charge in [0.25, 0.3) is 0 Å². The molecule has 6 rings (SSSR count). The van der Waals surface area contributed by atoms with Gasteiger partial charge >= 0.3 is 0 Å². The molecule has 6 nitrogen and oxygen atoms in total. The number of aromatic amines is 2. The number of fused-ring (bicyclic) bond motifs is 2. The molecule has 6 aromatic rings. The molecule has 0 aliphatic carbocycles. The van der Waals surface area contributed by atoms with Gasteiger partial charge in [-0.05, 0) is 30.3 Å². The molecule has 5 heterocycles. The lowest BCUT2D eigenvalue weighted by Gasteiger charge is -1.99. The van der Waals surface area contributed by atoms with Gasteiger partial charge < -0.3 is 4.98 Å². The van der Waals surface area contributed by atoms with E-state index in [-0.39, 0.29) is 5.13 Å². The summed E-state index contributed by atoms with van der Waals surface area (Å²) >= 11 is 1.15. The predicted octanol–water partition coefficient (Wildman–Crippen LogP) is 5.37. The van der Waals surface area contributed by atoms with Crippen LogP contribution in [-0.4, -0.2) is 29.9 Å². The highest BCUT2D eigenvalue weighted by Crippen LogP contribution is 2.36. The maximum Gasteiger partial charge on any atom is 0.181 e. The van der Waals surface area contributed by atoms with Crippen LogP contribution in [0.25, 0.3) is 54.9 Å². The molecule has 30 heavy (non-hydrogen) atoms. The van der Waals surface area contributed by atoms with Crippen molar-refractivity contribution in [3.63, 3.8) is 0 Å². The number of aromatic nitrogens is 6. The van der Waals surface area contributed by atoms with Crippen molar-refractivity contribution < 1.29 is 4.39 Å². The Labute approximate surface area is 174 Å². The van der Waals surface area contributed by atoms with Crippen LogP contribution in [0.3, 0.4) is 0 Å². The van der Waals surface area contributed by atoms with Crippen molar-refractivity contribution in [2.75, 3.05) is 0 Å². The second kappa shape index (κ2) is 6.36. The summed E-state index contributed by atoms with van der Waals surface area (Å²) < 4.78 is 15.3. The van der Waals surface area contributed by atoms with Gasteiger partial charge in [0.2, 0.25) is 0 Å². The molecule has 0 spiro atoms. The summed E-state index contributed by atoms with van der Waals surface area (Å²) in [6.07, 6.45) is 5.58. The predicted molar refractivity (Wildman–Crippen MR) is 117 cm³/mol. The summed E-state index contributed by atoms with van der Waals surface area (Å²) in [7, 11) is 1.89. The number of thiophene rings is 1. The standard InChI is InChI=1S/C22H15FN6S/c1-29-11-13(10-25-29)12-7-16-21(27-28-22(16)24-9-12)18-8-15-14(3-2-4-17(15)26-18)19-5-6-20(23)30-19/h2-11,26H,1H3,(H,24,27,28). The van der Waals surface area contributed by atoms with Gasteiger partial charge in [-0.2, -0.15) is 14.6 Å². The normalized spacial score (nSPS) is 11.7. The van der Waals surface area contributed by atoms with Crippen LogP contribution in [-0.2, 0) is 7.05 Å². The van der Waals surface area contributed by atoms with Crippen LogP contribution in [0.4, 0.5) is 4.39 Å². The summed E-state index contributed by atoms with van der Waals surface area (Å²) in [6, 6.07) is 13.5. The highest BCUT2D eigenvalue weighted by molar-refractivity contribution is 7.14. The van der Waals surface area contributed by atoms with Gasteiger partial charge in [-0.3, -0.25) is 9.78 Å². The topological polar surface area (TPSA) is 75.2 Å². The highest BCUT2D eigenvalue weighted by Gasteiger charge is 2.15. The fourth-order valence-corrected chi connectivity index (χ4v) is 4.57. The summed E-state index contributed by atoms with van der Waals surface area (Å²) in [4.78, 5) is 8.87. The van der Waals surface area contributed by atoms with Gasteiger partial charge in [0, 0.05) is 57.3 Å². The Hall–Kier alpha value is -3.78. The van der Waals surface area contributed by atoms with E-state index in [1.54, 1.807) is 10.9 Å². The summed E-state index contributed by atoms with van der Waals surface area (Å²) in [5, 5.41) is 13.5. The molecular weight excluding hydrogens is 399 g/mol. The second-order valence-corrected chi connectivity index (χ2v) is 8.18. The minimum Gasteiger partial charge on any atom is -0.353 e. The second-order valence-electron chi connectivity index (χ2n) is 7.15. The van der Waals surface area contributed by atoms with Crippen molar-refractivity contribution >= 4 is 33.3 Å². The van der Waals surface area contributed by atoms with Crippen molar-refractivity contribution in [3.05, 3.63) is 66.2 Å². The van der Waals surface area contributed by atoms with E-state index in [9.17, 15) is 4.39 Å². The molecular formula is C22H15FN6S. The van der Waals surface area contributed by atoms with Crippen LogP contribution in [0.5, 0.6) is 0 Å². The third kappa shape index (κ3) is 2.65. The number of hydrogen-bond acceptors (Lipinski definition) is 4. The number of rotatable bonds is 3. The largest absolute Gasteiger partial charge is 0.353 e. The maximum atomic E-state index is 13.6. The van der Waals surface area contributed by atoms with Crippen LogP contribution in [0.1, 0.15) is 0 Å². The SMILES string of the molecule is Cn1cc(-c2cnc3n[nH]c(-c4cc5c(-c6ccc(F)s6)cccc5[nH]4)c3c2)cn1. The Balaban J connectivity index is 1.52. The number of nitrogens with one attached hydrogen (secondary N) is 2. The first-order chi connectivity index (χ1) is 14.7. The first-order valence-electron chi connectivity index (χ1n) is 9.37. The Morgan fingerprint density at radius 2 is 1.97 bits per heavy atom. The molecule has 1 aromatic carbocycles. The van der Waals surface area contributed by atoms with Crippen molar-refractivity contribution in [2.45, 2.75) is 0 Å². The van der Waals surface area contributed by atoms with Crippen LogP contribution >= 0.6 is 11.3 Å². The fourth-order valence-electron chi connectivity index (χ4n) is 3.80. The van der Waals surface area contributed by atoms with Crippen LogP contribution < -0.4 is 0 Å². The van der Waals surface area contributed by atoms with E-state index < -0.39 is 0 Å². The average Bonchev–Trinajstić information content (AvgIpc) is 3.52. The lowest BCUT2D eigenvalue weighted by atomic mass is 10.1. The Morgan fingerprint density at radius 3 is 2.77 bits per heavy atom. The van der Waals surface area contributed by atoms with E-state index in [2.05, 4.69) is 37.4 Å². The fraction of sp³-hybridized carbons (Fsp3) is 0.0455. The molecule has 8 heteroatoms. The number of hydrogen-bond donors (Lipinski definition) is 2. The quantitative estimate of drug-likeness (QED) is 0.409. The first kappa shape index (κ1) is 17.1. The third-order valence-corrected chi connectivity index (χ3v) is 6.13. The first-order valence-corrected chi connectivity index (χ1v) is 10.2. The van der Waals surface area contributed by atoms with Crippen molar-refractivity contribution in [1.29, 1.82) is 0 Å². The molecule has 5 aromatic heterocycles. The zero-order chi connectivity index (χ0) is 20.2. The Morgan fingerprint density at radius 1 is 1.03 bits per heavy atom. The molecule has 0 unspecified atom stereocenters. The zero-order valence-electron chi connectivity index (χ0n) is 15.8. The average molecular weight is 414 g/mol. The molecule has 0 saturated carbocycles. The molecule has 0 amide bonds. The number of H-pyrrole nitrogens is 2. The Kier molecular flexibility index (Phi) is 3.63. The molecule has 0 aliphatic rings. The molecule has 0 aliphatic heterocycles. The molecule has 0 fully saturated rings. The minimum atomic E-state index is -0.189. The van der Waals surface area contributed by atoms with Gasteiger partial charge in [0.15, 0.2) is 10.8 Å². The molecule has 2 N–H and O–H groups in total. The zero-order valence-corrected chi connectivity index (χ0v) is 16.7. The highest BCUT2D eigenvalue weighted by atomic mass is 32.1. The van der Waals surface area contributed by atoms with Crippen LogP contribution in [0.15, 0.2) is 61.1 Å². The molecule has 0 bridgehead atoms. The maximum absolute atomic E-state index is 13.6. The molecule has 0 saturated heterocycles. The number of nitrogens with zero attached hydrogens (tertiary/aromatic N) is 4. The van der Waals surface area contributed by atoms with E-state index in [1.165, 1.54) is 6.07 Å². The monoisotopic (exact) mass is 414 g/mol. The summed E-state index contributed by atoms with van der Waals surface area (Å²) in [5.74, 6) is 0. The number of pyridine rings is 1. The van der Waals surface area contributed by atoms with Crippen molar-refractivity contribution in [3.8, 4) is 33.0 Å². The smallest absolute Gasteiger partial charge is 0.181 e. The number of benzene rings is 1. The molecule has 0 radical (unpaired) electrons. The van der Waals surface area contributed by atoms with E-state index in [0.717, 1.165) is 60.6 Å². The third-order valence-electron chi connectivity index (χ3n) is 5.22. The lowest BCUT2D eigenvalue weighted by molar-refractivity contribution is 0.657.